The van der Waals surface area contributed by atoms with Crippen LogP contribution in [0, 0.1) is 6.92 Å². The van der Waals surface area contributed by atoms with Gasteiger partial charge in [-0.3, -0.25) is 14.7 Å². The highest BCUT2D eigenvalue weighted by Gasteiger charge is 2.21. The summed E-state index contributed by atoms with van der Waals surface area (Å²) in [6, 6.07) is 15.2. The minimum atomic E-state index is -0.462. The zero-order chi connectivity index (χ0) is 22.9. The van der Waals surface area contributed by atoms with E-state index in [1.54, 1.807) is 19.1 Å². The second-order valence-electron chi connectivity index (χ2n) is 6.84. The molecule has 0 unspecified atom stereocenters. The van der Waals surface area contributed by atoms with Gasteiger partial charge < -0.3 is 15.0 Å². The number of ether oxygens (including phenoxy) is 1. The van der Waals surface area contributed by atoms with E-state index in [1.165, 1.54) is 22.2 Å². The van der Waals surface area contributed by atoms with Crippen LogP contribution < -0.4 is 10.2 Å². The molecule has 1 aromatic heterocycles. The van der Waals surface area contributed by atoms with E-state index in [9.17, 15) is 9.59 Å². The molecule has 3 rings (SSSR count). The van der Waals surface area contributed by atoms with Crippen LogP contribution >= 0.6 is 27.7 Å². The predicted molar refractivity (Wildman–Crippen MR) is 129 cm³/mol. The fourth-order valence-electron chi connectivity index (χ4n) is 2.85. The third kappa shape index (κ3) is 7.10. The molecule has 10 heteroatoms. The van der Waals surface area contributed by atoms with Crippen LogP contribution in [0.2, 0.25) is 0 Å². The summed E-state index contributed by atoms with van der Waals surface area (Å²) in [4.78, 5) is 30.7. The molecular formula is C22H24BrN5O3S. The smallest absolute Gasteiger partial charge is 0.326 e. The quantitative estimate of drug-likeness (QED) is 0.307. The standard InChI is InChI=1S/C22H24BrN5O3S/c1-3-31-21(30)13-28(18-9-7-16(23)8-10-18)20(29)14-32-22-25-19(26-27-22)12-24-17-6-4-5-15(2)11-17/h4-11,24H,3,12-14H2,1-2H3,(H,25,26,27). The summed E-state index contributed by atoms with van der Waals surface area (Å²) < 4.78 is 5.90. The molecule has 1 amide bonds. The maximum Gasteiger partial charge on any atom is 0.326 e. The van der Waals surface area contributed by atoms with Crippen molar-refractivity contribution in [1.82, 2.24) is 15.2 Å². The normalized spacial score (nSPS) is 10.6. The topological polar surface area (TPSA) is 100 Å². The zero-order valence-electron chi connectivity index (χ0n) is 17.8. The number of nitrogens with one attached hydrogen (secondary N) is 2. The van der Waals surface area contributed by atoms with E-state index < -0.39 is 5.97 Å². The summed E-state index contributed by atoms with van der Waals surface area (Å²) in [5, 5.41) is 10.8. The Hall–Kier alpha value is -2.85. The number of anilines is 2. The summed E-state index contributed by atoms with van der Waals surface area (Å²) >= 11 is 4.58. The van der Waals surface area contributed by atoms with E-state index in [-0.39, 0.29) is 24.8 Å². The lowest BCUT2D eigenvalue weighted by Crippen LogP contribution is -2.37. The lowest BCUT2D eigenvalue weighted by atomic mass is 10.2. The van der Waals surface area contributed by atoms with Crippen LogP contribution in [-0.2, 0) is 20.9 Å². The third-order valence-corrected chi connectivity index (χ3v) is 5.71. The fraction of sp³-hybridized carbons (Fsp3) is 0.273. The van der Waals surface area contributed by atoms with E-state index in [2.05, 4.69) is 36.4 Å². The average Bonchev–Trinajstić information content (AvgIpc) is 3.23. The molecule has 32 heavy (non-hydrogen) atoms. The van der Waals surface area contributed by atoms with E-state index in [4.69, 9.17) is 4.74 Å². The molecular weight excluding hydrogens is 494 g/mol. The maximum absolute atomic E-state index is 12.9. The van der Waals surface area contributed by atoms with Gasteiger partial charge in [0, 0.05) is 15.8 Å². The van der Waals surface area contributed by atoms with Crippen LogP contribution in [0.3, 0.4) is 0 Å². The fourth-order valence-corrected chi connectivity index (χ4v) is 3.80. The second kappa shape index (κ2) is 11.7. The summed E-state index contributed by atoms with van der Waals surface area (Å²) in [6.45, 7) is 4.35. The summed E-state index contributed by atoms with van der Waals surface area (Å²) in [5.74, 6) is 0.0430. The number of esters is 1. The molecule has 3 aromatic rings. The number of nitrogens with zero attached hydrogens (tertiary/aromatic N) is 3. The molecule has 0 aliphatic heterocycles. The molecule has 2 N–H and O–H groups in total. The first-order chi connectivity index (χ1) is 15.4. The van der Waals surface area contributed by atoms with Crippen molar-refractivity contribution in [2.75, 3.05) is 29.1 Å². The molecule has 0 radical (unpaired) electrons. The van der Waals surface area contributed by atoms with Crippen LogP contribution in [0.5, 0.6) is 0 Å². The van der Waals surface area contributed by atoms with Crippen molar-refractivity contribution in [3.63, 3.8) is 0 Å². The molecule has 168 valence electrons. The van der Waals surface area contributed by atoms with Gasteiger partial charge in [0.1, 0.15) is 12.4 Å². The summed E-state index contributed by atoms with van der Waals surface area (Å²) in [6.07, 6.45) is 0. The number of hydrogen-bond donors (Lipinski definition) is 2. The molecule has 0 fully saturated rings. The van der Waals surface area contributed by atoms with E-state index in [0.29, 0.717) is 23.2 Å². The summed E-state index contributed by atoms with van der Waals surface area (Å²) in [5.41, 5.74) is 2.78. The van der Waals surface area contributed by atoms with E-state index >= 15 is 0 Å². The number of aromatic nitrogens is 3. The molecule has 0 aliphatic rings. The van der Waals surface area contributed by atoms with Crippen molar-refractivity contribution < 1.29 is 14.3 Å². The van der Waals surface area contributed by atoms with Gasteiger partial charge in [0.15, 0.2) is 0 Å². The number of benzene rings is 2. The molecule has 0 spiro atoms. The Balaban J connectivity index is 1.59. The first-order valence-corrected chi connectivity index (χ1v) is 11.8. The Labute approximate surface area is 199 Å². The third-order valence-electron chi connectivity index (χ3n) is 4.35. The number of carbonyl (C=O) groups excluding carboxylic acids is 2. The van der Waals surface area contributed by atoms with Crippen LogP contribution in [0.15, 0.2) is 58.2 Å². The maximum atomic E-state index is 12.9. The van der Waals surface area contributed by atoms with Crippen LogP contribution in [-0.4, -0.2) is 46.0 Å². The largest absolute Gasteiger partial charge is 0.465 e. The Bertz CT molecular complexity index is 1060. The molecule has 0 bridgehead atoms. The Morgan fingerprint density at radius 3 is 2.72 bits per heavy atom. The number of rotatable bonds is 10. The van der Waals surface area contributed by atoms with Crippen molar-refractivity contribution in [2.24, 2.45) is 0 Å². The first kappa shape index (κ1) is 23.8. The number of aromatic amines is 1. The van der Waals surface area contributed by atoms with Gasteiger partial charge in [0.25, 0.3) is 0 Å². The Kier molecular flexibility index (Phi) is 8.69. The van der Waals surface area contributed by atoms with Gasteiger partial charge >= 0.3 is 5.97 Å². The minimum absolute atomic E-state index is 0.0814. The van der Waals surface area contributed by atoms with Crippen molar-refractivity contribution in [3.05, 3.63) is 64.4 Å². The van der Waals surface area contributed by atoms with Crippen molar-refractivity contribution in [1.29, 1.82) is 0 Å². The average molecular weight is 518 g/mol. The second-order valence-corrected chi connectivity index (χ2v) is 8.70. The molecule has 0 aliphatic carbocycles. The minimum Gasteiger partial charge on any atom is -0.465 e. The molecule has 8 nitrogen and oxygen atoms in total. The van der Waals surface area contributed by atoms with Crippen LogP contribution in [0.1, 0.15) is 18.3 Å². The molecule has 0 saturated heterocycles. The van der Waals surface area contributed by atoms with E-state index in [0.717, 1.165) is 10.2 Å². The number of halogens is 1. The Morgan fingerprint density at radius 1 is 1.22 bits per heavy atom. The monoisotopic (exact) mass is 517 g/mol. The lowest BCUT2D eigenvalue weighted by molar-refractivity contribution is -0.142. The highest BCUT2D eigenvalue weighted by molar-refractivity contribution is 9.10. The van der Waals surface area contributed by atoms with Gasteiger partial charge in [-0.2, -0.15) is 0 Å². The van der Waals surface area contributed by atoms with Crippen LogP contribution in [0.25, 0.3) is 0 Å². The summed E-state index contributed by atoms with van der Waals surface area (Å²) in [7, 11) is 0. The number of H-pyrrole nitrogens is 1. The number of aryl methyl sites for hydroxylation is 1. The Morgan fingerprint density at radius 2 is 2.00 bits per heavy atom. The van der Waals surface area contributed by atoms with Gasteiger partial charge in [-0.1, -0.05) is 39.8 Å². The van der Waals surface area contributed by atoms with Crippen molar-refractivity contribution in [2.45, 2.75) is 25.5 Å². The number of hydrogen-bond acceptors (Lipinski definition) is 7. The first-order valence-electron chi connectivity index (χ1n) is 10.0. The molecule has 0 atom stereocenters. The van der Waals surface area contributed by atoms with Gasteiger partial charge in [0.2, 0.25) is 11.1 Å². The van der Waals surface area contributed by atoms with Crippen molar-refractivity contribution in [3.8, 4) is 0 Å². The SMILES string of the molecule is CCOC(=O)CN(C(=O)CSc1n[nH]c(CNc2cccc(C)c2)n1)c1ccc(Br)cc1. The van der Waals surface area contributed by atoms with Gasteiger partial charge in [-0.15, -0.1) is 5.10 Å². The predicted octanol–water partition coefficient (Wildman–Crippen LogP) is 4.18. The highest BCUT2D eigenvalue weighted by Crippen LogP contribution is 2.21. The van der Waals surface area contributed by atoms with E-state index in [1.807, 2.05) is 43.3 Å². The molecule has 0 saturated carbocycles. The molecule has 2 aromatic carbocycles. The van der Waals surface area contributed by atoms with Crippen LogP contribution in [0.4, 0.5) is 11.4 Å². The van der Waals surface area contributed by atoms with Gasteiger partial charge in [-0.05, 0) is 55.8 Å². The zero-order valence-corrected chi connectivity index (χ0v) is 20.2. The van der Waals surface area contributed by atoms with Crippen molar-refractivity contribution >= 4 is 50.9 Å². The lowest BCUT2D eigenvalue weighted by Gasteiger charge is -2.21. The highest BCUT2D eigenvalue weighted by atomic mass is 79.9. The number of thioether (sulfide) groups is 1. The number of amides is 1. The molecule has 1 heterocycles. The number of carbonyl (C=O) groups is 2. The van der Waals surface area contributed by atoms with Gasteiger partial charge in [-0.25, -0.2) is 4.98 Å². The van der Waals surface area contributed by atoms with Gasteiger partial charge in [0.05, 0.1) is 18.9 Å².